The molecular formula is C21H22N6O4. The fraction of sp³-hybridized carbons (Fsp3) is 0.190. The molecule has 3 aromatic rings. The van der Waals surface area contributed by atoms with E-state index in [4.69, 9.17) is 15.6 Å². The van der Waals surface area contributed by atoms with E-state index in [0.717, 1.165) is 16.7 Å². The average molecular weight is 422 g/mol. The first-order valence-electron chi connectivity index (χ1n) is 9.72. The van der Waals surface area contributed by atoms with Crippen molar-refractivity contribution in [2.75, 3.05) is 17.5 Å². The third-order valence-corrected chi connectivity index (χ3v) is 4.86. The Morgan fingerprint density at radius 1 is 1.19 bits per heavy atom. The highest BCUT2D eigenvalue weighted by molar-refractivity contribution is 5.76. The van der Waals surface area contributed by atoms with E-state index in [1.165, 1.54) is 0 Å². The molecule has 1 atom stereocenters. The first-order chi connectivity index (χ1) is 15.0. The predicted octanol–water partition coefficient (Wildman–Crippen LogP) is 1.71. The number of carboxylic acids is 1. The number of carboxylic acid groups (broad SMARTS) is 1. The van der Waals surface area contributed by atoms with Gasteiger partial charge in [0.05, 0.1) is 12.2 Å². The molecule has 0 bridgehead atoms. The highest BCUT2D eigenvalue weighted by Crippen LogP contribution is 2.34. The molecule has 1 aliphatic rings. The van der Waals surface area contributed by atoms with Gasteiger partial charge in [0, 0.05) is 0 Å². The second kappa shape index (κ2) is 8.46. The molecule has 0 aliphatic carbocycles. The van der Waals surface area contributed by atoms with Crippen molar-refractivity contribution in [2.24, 2.45) is 5.73 Å². The van der Waals surface area contributed by atoms with Crippen LogP contribution in [0.2, 0.25) is 0 Å². The lowest BCUT2D eigenvalue weighted by Gasteiger charge is -2.13. The van der Waals surface area contributed by atoms with Gasteiger partial charge in [-0.25, -0.2) is 4.98 Å². The Morgan fingerprint density at radius 3 is 2.77 bits per heavy atom. The van der Waals surface area contributed by atoms with Gasteiger partial charge in [0.1, 0.15) is 17.6 Å². The van der Waals surface area contributed by atoms with Crippen molar-refractivity contribution < 1.29 is 14.6 Å². The molecule has 0 saturated carbocycles. The Hall–Kier alpha value is -3.89. The van der Waals surface area contributed by atoms with Crippen LogP contribution in [0.15, 0.2) is 47.3 Å². The zero-order chi connectivity index (χ0) is 22.0. The van der Waals surface area contributed by atoms with E-state index in [2.05, 4.69) is 26.4 Å². The molecule has 31 heavy (non-hydrogen) atoms. The maximum Gasteiger partial charge on any atom is 0.320 e. The van der Waals surface area contributed by atoms with E-state index >= 15 is 0 Å². The van der Waals surface area contributed by atoms with E-state index in [1.807, 2.05) is 49.4 Å². The van der Waals surface area contributed by atoms with Crippen LogP contribution in [0.3, 0.4) is 0 Å². The van der Waals surface area contributed by atoms with E-state index in [1.54, 1.807) is 0 Å². The van der Waals surface area contributed by atoms with Crippen LogP contribution in [0.4, 0.5) is 11.5 Å². The van der Waals surface area contributed by atoms with Gasteiger partial charge in [-0.15, -0.1) is 5.53 Å². The van der Waals surface area contributed by atoms with Crippen LogP contribution >= 0.6 is 0 Å². The minimum Gasteiger partial charge on any atom is -0.493 e. The van der Waals surface area contributed by atoms with Crippen LogP contribution in [0, 0.1) is 0 Å². The number of benzene rings is 2. The van der Waals surface area contributed by atoms with Gasteiger partial charge in [-0.3, -0.25) is 20.4 Å². The highest BCUT2D eigenvalue weighted by atomic mass is 16.5. The molecule has 10 heteroatoms. The molecule has 0 amide bonds. The van der Waals surface area contributed by atoms with Crippen LogP contribution in [0.25, 0.3) is 22.5 Å². The third-order valence-electron chi connectivity index (χ3n) is 4.86. The molecule has 2 aromatic carbocycles. The summed E-state index contributed by atoms with van der Waals surface area (Å²) in [5.74, 6) is 0.296. The normalized spacial score (nSPS) is 13.1. The quantitative estimate of drug-likeness (QED) is 0.334. The van der Waals surface area contributed by atoms with Gasteiger partial charge >= 0.3 is 5.97 Å². The Morgan fingerprint density at radius 2 is 2.00 bits per heavy atom. The number of nitrogens with one attached hydrogen (secondary N) is 4. The highest BCUT2D eigenvalue weighted by Gasteiger charge is 2.19. The summed E-state index contributed by atoms with van der Waals surface area (Å²) < 4.78 is 5.83. The molecule has 0 spiro atoms. The topological polar surface area (TPSA) is 154 Å². The molecule has 1 aromatic heterocycles. The third kappa shape index (κ3) is 4.20. The van der Waals surface area contributed by atoms with Crippen molar-refractivity contribution in [3.8, 4) is 28.3 Å². The summed E-state index contributed by atoms with van der Waals surface area (Å²) in [6, 6.07) is 12.2. The van der Waals surface area contributed by atoms with Crippen molar-refractivity contribution in [1.82, 2.24) is 15.5 Å². The number of anilines is 2. The number of nitrogens with two attached hydrogens (primary N) is 1. The number of rotatable bonds is 7. The van der Waals surface area contributed by atoms with Gasteiger partial charge < -0.3 is 20.6 Å². The van der Waals surface area contributed by atoms with Gasteiger partial charge in [-0.05, 0) is 42.2 Å². The Labute approximate surface area is 177 Å². The number of nitrogens with zero attached hydrogens (tertiary/aromatic N) is 1. The molecule has 7 N–H and O–H groups in total. The zero-order valence-corrected chi connectivity index (χ0v) is 16.7. The molecule has 2 heterocycles. The fourth-order valence-corrected chi connectivity index (χ4v) is 3.35. The summed E-state index contributed by atoms with van der Waals surface area (Å²) in [5, 5.41) is 9.06. The average Bonchev–Trinajstić information content (AvgIpc) is 3.23. The second-order valence-electron chi connectivity index (χ2n) is 7.01. The number of aliphatic carboxylic acids is 1. The largest absolute Gasteiger partial charge is 0.493 e. The van der Waals surface area contributed by atoms with E-state index in [9.17, 15) is 9.59 Å². The number of hydrazine groups is 2. The van der Waals surface area contributed by atoms with Crippen LogP contribution in [0.1, 0.15) is 12.5 Å². The monoisotopic (exact) mass is 422 g/mol. The van der Waals surface area contributed by atoms with Crippen molar-refractivity contribution in [1.29, 1.82) is 0 Å². The lowest BCUT2D eigenvalue weighted by Crippen LogP contribution is -2.32. The number of hydrogen-bond acceptors (Lipinski definition) is 8. The summed E-state index contributed by atoms with van der Waals surface area (Å²) in [7, 11) is 0. The van der Waals surface area contributed by atoms with Gasteiger partial charge in [-0.1, -0.05) is 30.3 Å². The van der Waals surface area contributed by atoms with Crippen LogP contribution in [-0.2, 0) is 11.2 Å². The molecule has 1 aliphatic heterocycles. The van der Waals surface area contributed by atoms with E-state index in [-0.39, 0.29) is 12.0 Å². The molecule has 4 rings (SSSR count). The first kappa shape index (κ1) is 20.4. The zero-order valence-electron chi connectivity index (χ0n) is 16.7. The molecule has 0 saturated heterocycles. The summed E-state index contributed by atoms with van der Waals surface area (Å²) in [6.45, 7) is 2.30. The lowest BCUT2D eigenvalue weighted by molar-refractivity contribution is -0.138. The first-order valence-corrected chi connectivity index (χ1v) is 9.72. The summed E-state index contributed by atoms with van der Waals surface area (Å²) in [6.07, 6.45) is 0.231. The molecule has 0 fully saturated rings. The number of ether oxygens (including phenoxy) is 1. The second-order valence-corrected chi connectivity index (χ2v) is 7.01. The minimum atomic E-state index is -1.04. The van der Waals surface area contributed by atoms with Crippen molar-refractivity contribution in [2.45, 2.75) is 19.4 Å². The number of H-pyrrole nitrogens is 1. The minimum absolute atomic E-state index is 0.231. The standard InChI is InChI=1S/C21H22N6O4/c1-2-31-16-10-13(12-5-3-4-11(8-12)9-15(22)21(29)30)6-7-14(16)18-23-19-17(20(28)24-18)25-27-26-19/h3-8,10,15,25,27H,2,9,22H2,1H3,(H,29,30)(H2,23,24,26,28)/t15-/m0/s1. The van der Waals surface area contributed by atoms with E-state index in [0.29, 0.717) is 35.2 Å². The fourth-order valence-electron chi connectivity index (χ4n) is 3.35. The van der Waals surface area contributed by atoms with Gasteiger partial charge in [-0.2, -0.15) is 0 Å². The lowest BCUT2D eigenvalue weighted by atomic mass is 9.98. The van der Waals surface area contributed by atoms with Crippen molar-refractivity contribution >= 4 is 17.5 Å². The molecular weight excluding hydrogens is 400 g/mol. The number of aromatic amines is 1. The number of fused-ring (bicyclic) bond motifs is 1. The molecule has 0 unspecified atom stereocenters. The van der Waals surface area contributed by atoms with Gasteiger partial charge in [0.25, 0.3) is 5.56 Å². The SMILES string of the molecule is CCOc1cc(-c2cccc(C[C@H](N)C(=O)O)c2)ccc1-c1nc2c(c(=O)[nH]1)NNN2. The van der Waals surface area contributed by atoms with Gasteiger partial charge in [0.2, 0.25) is 0 Å². The maximum atomic E-state index is 12.3. The summed E-state index contributed by atoms with van der Waals surface area (Å²) >= 11 is 0. The van der Waals surface area contributed by atoms with Gasteiger partial charge in [0.15, 0.2) is 11.5 Å². The van der Waals surface area contributed by atoms with Crippen molar-refractivity contribution in [3.05, 3.63) is 58.4 Å². The van der Waals surface area contributed by atoms with Crippen molar-refractivity contribution in [3.63, 3.8) is 0 Å². The molecule has 160 valence electrons. The van der Waals surface area contributed by atoms with Crippen LogP contribution < -0.4 is 32.4 Å². The smallest absolute Gasteiger partial charge is 0.320 e. The number of carbonyl (C=O) groups is 1. The van der Waals surface area contributed by atoms with Crippen LogP contribution in [0.5, 0.6) is 5.75 Å². The molecule has 0 radical (unpaired) electrons. The summed E-state index contributed by atoms with van der Waals surface area (Å²) in [4.78, 5) is 30.6. The summed E-state index contributed by atoms with van der Waals surface area (Å²) in [5.41, 5.74) is 17.0. The number of hydrogen-bond donors (Lipinski definition) is 6. The Balaban J connectivity index is 1.71. The maximum absolute atomic E-state index is 12.3. The van der Waals surface area contributed by atoms with E-state index < -0.39 is 12.0 Å². The predicted molar refractivity (Wildman–Crippen MR) is 117 cm³/mol. The Kier molecular flexibility index (Phi) is 5.56. The number of aromatic nitrogens is 2. The molecule has 10 nitrogen and oxygen atoms in total. The van der Waals surface area contributed by atoms with Crippen LogP contribution in [-0.4, -0.2) is 33.7 Å². The Bertz CT molecular complexity index is 1190.